The topological polar surface area (TPSA) is 140 Å². The van der Waals surface area contributed by atoms with E-state index in [1.54, 1.807) is 13.1 Å². The number of nitrogens with one attached hydrogen (secondary N) is 4. The molecule has 0 heterocycles. The van der Waals surface area contributed by atoms with E-state index in [4.69, 9.17) is 11.1 Å². The van der Waals surface area contributed by atoms with Crippen LogP contribution in [0, 0.1) is 24.2 Å². The second-order valence-corrected chi connectivity index (χ2v) is 9.01. The lowest BCUT2D eigenvalue weighted by Crippen LogP contribution is -2.44. The van der Waals surface area contributed by atoms with Crippen LogP contribution in [0.25, 0.3) is 0 Å². The van der Waals surface area contributed by atoms with Crippen LogP contribution < -0.4 is 21.7 Å². The molecule has 1 fully saturated rings. The van der Waals surface area contributed by atoms with E-state index in [2.05, 4.69) is 29.1 Å². The molecule has 9 heteroatoms. The number of benzene rings is 1. The highest BCUT2D eigenvalue weighted by molar-refractivity contribution is 5.94. The number of carbonyl (C=O) groups is 3. The summed E-state index contributed by atoms with van der Waals surface area (Å²) in [6, 6.07) is 7.57. The molecule has 2 amide bonds. The van der Waals surface area contributed by atoms with Gasteiger partial charge in [-0.2, -0.15) is 0 Å². The van der Waals surface area contributed by atoms with Crippen LogP contribution in [0.3, 0.4) is 0 Å². The lowest BCUT2D eigenvalue weighted by Gasteiger charge is -2.24. The van der Waals surface area contributed by atoms with Crippen LogP contribution in [0.1, 0.15) is 37.8 Å². The zero-order chi connectivity index (χ0) is 29.8. The van der Waals surface area contributed by atoms with Crippen molar-refractivity contribution in [2.45, 2.75) is 33.6 Å². The number of carbonyl (C=O) groups excluding carboxylic acids is 3. The Labute approximate surface area is 234 Å². The van der Waals surface area contributed by atoms with Gasteiger partial charge in [0, 0.05) is 32.2 Å². The molecule has 1 saturated carbocycles. The van der Waals surface area contributed by atoms with E-state index in [9.17, 15) is 14.4 Å². The van der Waals surface area contributed by atoms with E-state index < -0.39 is 0 Å². The predicted octanol–water partition coefficient (Wildman–Crippen LogP) is 2.57. The zero-order valence-electron chi connectivity index (χ0n) is 24.3. The van der Waals surface area contributed by atoms with Crippen LogP contribution in [0.15, 0.2) is 60.7 Å². The van der Waals surface area contributed by atoms with Crippen LogP contribution in [0.2, 0.25) is 0 Å². The highest BCUT2D eigenvalue weighted by atomic mass is 16.2. The smallest absolute Gasteiger partial charge is 0.239 e. The van der Waals surface area contributed by atoms with Crippen molar-refractivity contribution in [2.24, 2.45) is 17.6 Å². The van der Waals surface area contributed by atoms with Crippen LogP contribution in [-0.4, -0.2) is 75.7 Å². The van der Waals surface area contributed by atoms with Crippen molar-refractivity contribution >= 4 is 23.9 Å². The molecular weight excluding hydrogens is 492 g/mol. The van der Waals surface area contributed by atoms with Gasteiger partial charge in [0.15, 0.2) is 0 Å². The third-order valence-electron chi connectivity index (χ3n) is 5.96. The first kappa shape index (κ1) is 35.4. The Kier molecular flexibility index (Phi) is 18.5. The summed E-state index contributed by atoms with van der Waals surface area (Å²) in [6.45, 7) is 15.5. The zero-order valence-corrected chi connectivity index (χ0v) is 24.3. The molecule has 39 heavy (non-hydrogen) atoms. The molecule has 1 unspecified atom stereocenters. The van der Waals surface area contributed by atoms with Gasteiger partial charge in [-0.3, -0.25) is 15.0 Å². The predicted molar refractivity (Wildman–Crippen MR) is 161 cm³/mol. The molecule has 0 bridgehead atoms. The van der Waals surface area contributed by atoms with E-state index in [0.717, 1.165) is 29.6 Å². The number of aryl methyl sites for hydroxylation is 1. The first-order valence-corrected chi connectivity index (χ1v) is 13.4. The first-order chi connectivity index (χ1) is 18.7. The maximum Gasteiger partial charge on any atom is 0.239 e. The fourth-order valence-corrected chi connectivity index (χ4v) is 3.66. The van der Waals surface area contributed by atoms with Gasteiger partial charge in [-0.05, 0) is 43.9 Å². The fourth-order valence-electron chi connectivity index (χ4n) is 3.66. The average molecular weight is 541 g/mol. The van der Waals surface area contributed by atoms with Crippen molar-refractivity contribution in [3.05, 3.63) is 71.8 Å². The van der Waals surface area contributed by atoms with Gasteiger partial charge < -0.3 is 31.4 Å². The monoisotopic (exact) mass is 540 g/mol. The Balaban J connectivity index is 0.000000996. The molecule has 0 radical (unpaired) electrons. The minimum absolute atomic E-state index is 0.0383. The largest absolute Gasteiger partial charge is 0.384 e. The molecule has 0 spiro atoms. The highest BCUT2D eigenvalue weighted by Gasteiger charge is 2.37. The number of amidine groups is 1. The Hall–Kier alpha value is -3.56. The molecule has 1 aliphatic carbocycles. The van der Waals surface area contributed by atoms with Crippen molar-refractivity contribution in [3.8, 4) is 0 Å². The summed E-state index contributed by atoms with van der Waals surface area (Å²) < 4.78 is 0. The van der Waals surface area contributed by atoms with Crippen molar-refractivity contribution < 1.29 is 14.4 Å². The van der Waals surface area contributed by atoms with Crippen molar-refractivity contribution in [3.63, 3.8) is 0 Å². The third-order valence-corrected chi connectivity index (χ3v) is 5.96. The molecule has 1 aromatic rings. The molecule has 0 aliphatic heterocycles. The molecule has 0 saturated heterocycles. The second-order valence-electron chi connectivity index (χ2n) is 9.01. The molecular formula is C30H48N6O3. The van der Waals surface area contributed by atoms with E-state index in [1.165, 1.54) is 10.5 Å². The molecule has 6 N–H and O–H groups in total. The van der Waals surface area contributed by atoms with Gasteiger partial charge in [-0.25, -0.2) is 0 Å². The van der Waals surface area contributed by atoms with Crippen LogP contribution >= 0.6 is 0 Å². The van der Waals surface area contributed by atoms with Crippen LogP contribution in [0.4, 0.5) is 0 Å². The van der Waals surface area contributed by atoms with Gasteiger partial charge in [-0.15, -0.1) is 0 Å². The lowest BCUT2D eigenvalue weighted by atomic mass is 10.0. The summed E-state index contributed by atoms with van der Waals surface area (Å²) in [6.07, 6.45) is 6.30. The van der Waals surface area contributed by atoms with Gasteiger partial charge in [0.2, 0.25) is 11.8 Å². The number of likely N-dealkylation sites (N-methyl/N-ethyl adjacent to an activating group) is 2. The number of nitrogen functional groups attached to an aromatic ring is 1. The Morgan fingerprint density at radius 3 is 2.15 bits per heavy atom. The van der Waals surface area contributed by atoms with Gasteiger partial charge in [0.1, 0.15) is 12.1 Å². The van der Waals surface area contributed by atoms with Gasteiger partial charge in [0.25, 0.3) is 0 Å². The number of rotatable bonds is 15. The normalized spacial score (nSPS) is 13.2. The van der Waals surface area contributed by atoms with Crippen molar-refractivity contribution in [1.82, 2.24) is 20.9 Å². The van der Waals surface area contributed by atoms with Gasteiger partial charge in [-0.1, -0.05) is 69.0 Å². The number of aldehydes is 1. The van der Waals surface area contributed by atoms with Crippen LogP contribution in [-0.2, 0) is 14.4 Å². The van der Waals surface area contributed by atoms with E-state index in [0.29, 0.717) is 31.8 Å². The summed E-state index contributed by atoms with van der Waals surface area (Å²) in [5, 5.41) is 16.0. The molecule has 1 aliphatic rings. The lowest BCUT2D eigenvalue weighted by molar-refractivity contribution is -0.138. The molecule has 0 aromatic heterocycles. The molecule has 1 aromatic carbocycles. The summed E-state index contributed by atoms with van der Waals surface area (Å²) in [7, 11) is 3.50. The average Bonchev–Trinajstić information content (AvgIpc) is 3.78. The number of hydrogen-bond acceptors (Lipinski definition) is 6. The molecule has 1 atom stereocenters. The summed E-state index contributed by atoms with van der Waals surface area (Å²) in [5.74, 6) is -0.0520. The van der Waals surface area contributed by atoms with Gasteiger partial charge >= 0.3 is 0 Å². The Morgan fingerprint density at radius 2 is 1.69 bits per heavy atom. The van der Waals surface area contributed by atoms with Crippen LogP contribution in [0.5, 0.6) is 0 Å². The quantitative estimate of drug-likeness (QED) is 0.100. The van der Waals surface area contributed by atoms with E-state index >= 15 is 0 Å². The summed E-state index contributed by atoms with van der Waals surface area (Å²) in [5.41, 5.74) is 9.33. The highest BCUT2D eigenvalue weighted by Crippen LogP contribution is 2.37. The van der Waals surface area contributed by atoms with Gasteiger partial charge in [0.05, 0.1) is 19.0 Å². The fraction of sp³-hybridized carbons (Fsp3) is 0.467. The minimum atomic E-state index is -0.333. The number of nitrogens with zero attached hydrogens (tertiary/aromatic N) is 1. The first-order valence-electron chi connectivity index (χ1n) is 13.4. The standard InChI is InChI=1S/C20H32N4O3.C8H10N2.C2H6/c1-5-15(11-21-3)16(6-2)12-22-13-18(17-7-8-17)20(27)24(4)14-19(26)23-9-10-25;1-6-2-4-7(5-3-6)8(9)10;1-2/h5-6,10,17-18,21-22H,1-2,7-9,11-14H2,3-4H3,(H,23,26);2-5H,1H3,(H3,9,10);1-2H3/b16-15-;;. The van der Waals surface area contributed by atoms with Crippen molar-refractivity contribution in [1.29, 1.82) is 5.41 Å². The number of nitrogens with two attached hydrogens (primary N) is 1. The molecule has 2 rings (SSSR count). The maximum atomic E-state index is 12.7. The molecule has 9 nitrogen and oxygen atoms in total. The number of amides is 2. The van der Waals surface area contributed by atoms with E-state index in [1.807, 2.05) is 58.2 Å². The summed E-state index contributed by atoms with van der Waals surface area (Å²) >= 11 is 0. The van der Waals surface area contributed by atoms with E-state index in [-0.39, 0.29) is 36.7 Å². The Bertz CT molecular complexity index is 967. The second kappa shape index (κ2) is 20.4. The minimum Gasteiger partial charge on any atom is -0.384 e. The maximum absolute atomic E-state index is 12.7. The Morgan fingerprint density at radius 1 is 1.13 bits per heavy atom. The SMILES string of the molecule is C=C/C(CNC)=C(\C=C)CNCC(C(=O)N(C)CC(=O)NCC=O)C1CC1.CC.Cc1ccc(C(=N)N)cc1. The molecule has 216 valence electrons. The van der Waals surface area contributed by atoms with Crippen molar-refractivity contribution in [2.75, 3.05) is 46.8 Å². The number of hydrogen-bond donors (Lipinski definition) is 5. The summed E-state index contributed by atoms with van der Waals surface area (Å²) in [4.78, 5) is 36.2. The third kappa shape index (κ3) is 14.2.